The van der Waals surface area contributed by atoms with E-state index in [0.29, 0.717) is 5.69 Å². The molecule has 0 aliphatic carbocycles. The molecule has 3 amide bonds. The first kappa shape index (κ1) is 25.5. The number of hydrogen-bond donors (Lipinski definition) is 8. The van der Waals surface area contributed by atoms with Gasteiger partial charge in [0, 0.05) is 18.3 Å². The number of aromatic amines is 1. The van der Waals surface area contributed by atoms with Gasteiger partial charge in [-0.05, 0) is 13.8 Å². The lowest BCUT2D eigenvalue weighted by molar-refractivity contribution is -0.142. The first-order valence-corrected chi connectivity index (χ1v) is 9.19. The number of carboxylic acid groups (broad SMARTS) is 2. The molecule has 1 aromatic heterocycles. The first-order chi connectivity index (χ1) is 14.4. The summed E-state index contributed by atoms with van der Waals surface area (Å²) >= 11 is 0. The fourth-order valence-corrected chi connectivity index (χ4v) is 2.43. The molecule has 1 heterocycles. The molecule has 14 nitrogen and oxygen atoms in total. The number of imidazole rings is 1. The maximum atomic E-state index is 12.4. The van der Waals surface area contributed by atoms with Gasteiger partial charge < -0.3 is 42.0 Å². The number of nitrogens with one attached hydrogen (secondary N) is 4. The Morgan fingerprint density at radius 3 is 2.19 bits per heavy atom. The van der Waals surface area contributed by atoms with Gasteiger partial charge in [0.05, 0.1) is 24.9 Å². The largest absolute Gasteiger partial charge is 0.481 e. The Morgan fingerprint density at radius 2 is 1.71 bits per heavy atom. The highest BCUT2D eigenvalue weighted by atomic mass is 16.4. The second kappa shape index (κ2) is 11.6. The smallest absolute Gasteiger partial charge is 0.326 e. The normalized spacial score (nSPS) is 15.6. The van der Waals surface area contributed by atoms with Crippen molar-refractivity contribution in [3.8, 4) is 0 Å². The zero-order valence-corrected chi connectivity index (χ0v) is 16.9. The number of carbonyl (C=O) groups is 5. The molecule has 0 fully saturated rings. The number of aromatic nitrogens is 2. The van der Waals surface area contributed by atoms with Crippen molar-refractivity contribution < 1.29 is 39.3 Å². The second-order valence-electron chi connectivity index (χ2n) is 6.84. The fourth-order valence-electron chi connectivity index (χ4n) is 2.43. The number of aliphatic hydroxyl groups excluding tert-OH is 1. The number of nitrogens with zero attached hydrogens (tertiary/aromatic N) is 1. The lowest BCUT2D eigenvalue weighted by atomic mass is 10.1. The Kier molecular flexibility index (Phi) is 9.56. The Bertz CT molecular complexity index is 797. The summed E-state index contributed by atoms with van der Waals surface area (Å²) in [6.07, 6.45) is 0.592. The molecule has 0 saturated heterocycles. The lowest BCUT2D eigenvalue weighted by Gasteiger charge is -2.24. The van der Waals surface area contributed by atoms with Gasteiger partial charge in [-0.25, -0.2) is 9.78 Å². The first-order valence-electron chi connectivity index (χ1n) is 9.19. The third kappa shape index (κ3) is 8.39. The molecule has 9 N–H and O–H groups in total. The molecule has 0 aromatic carbocycles. The van der Waals surface area contributed by atoms with E-state index in [2.05, 4.69) is 25.9 Å². The summed E-state index contributed by atoms with van der Waals surface area (Å²) in [5.74, 6) is -5.38. The Morgan fingerprint density at radius 1 is 1.06 bits per heavy atom. The van der Waals surface area contributed by atoms with Gasteiger partial charge in [0.15, 0.2) is 0 Å². The molecule has 1 aromatic rings. The molecule has 1 rings (SSSR count). The summed E-state index contributed by atoms with van der Waals surface area (Å²) in [5.41, 5.74) is 5.89. The van der Waals surface area contributed by atoms with Crippen molar-refractivity contribution in [3.63, 3.8) is 0 Å². The Hall–Kier alpha value is -3.52. The number of carboxylic acids is 2. The van der Waals surface area contributed by atoms with Crippen LogP contribution in [0.15, 0.2) is 12.5 Å². The van der Waals surface area contributed by atoms with Crippen molar-refractivity contribution in [2.45, 2.75) is 57.0 Å². The molecule has 0 aliphatic rings. The summed E-state index contributed by atoms with van der Waals surface area (Å²) in [5, 5.41) is 34.4. The quantitative estimate of drug-likeness (QED) is 0.160. The fraction of sp³-hybridized carbons (Fsp3) is 0.529. The van der Waals surface area contributed by atoms with Crippen LogP contribution in [0.4, 0.5) is 0 Å². The predicted molar refractivity (Wildman–Crippen MR) is 103 cm³/mol. The SMILES string of the molecule is CC(NC(=O)C(NC(=O)C(N)CC(=O)O)C(C)O)C(=O)NC(Cc1cnc[nH]1)C(=O)O. The summed E-state index contributed by atoms with van der Waals surface area (Å²) in [6, 6.07) is -5.50. The van der Waals surface area contributed by atoms with Gasteiger partial charge in [0.2, 0.25) is 17.7 Å². The molecule has 172 valence electrons. The van der Waals surface area contributed by atoms with Crippen LogP contribution in [0.5, 0.6) is 0 Å². The highest BCUT2D eigenvalue weighted by Gasteiger charge is 2.31. The van der Waals surface area contributed by atoms with E-state index in [0.717, 1.165) is 0 Å². The monoisotopic (exact) mass is 442 g/mol. The van der Waals surface area contributed by atoms with Crippen LogP contribution < -0.4 is 21.7 Å². The molecular weight excluding hydrogens is 416 g/mol. The molecular formula is C17H26N6O8. The highest BCUT2D eigenvalue weighted by molar-refractivity contribution is 5.94. The molecule has 0 spiro atoms. The van der Waals surface area contributed by atoms with Crippen LogP contribution in [0, 0.1) is 0 Å². The molecule has 0 bridgehead atoms. The number of hydrogen-bond acceptors (Lipinski definition) is 8. The van der Waals surface area contributed by atoms with E-state index in [1.165, 1.54) is 26.4 Å². The third-order valence-electron chi connectivity index (χ3n) is 4.14. The van der Waals surface area contributed by atoms with Gasteiger partial charge in [-0.15, -0.1) is 0 Å². The van der Waals surface area contributed by atoms with Crippen LogP contribution in [0.25, 0.3) is 0 Å². The third-order valence-corrected chi connectivity index (χ3v) is 4.14. The number of carbonyl (C=O) groups excluding carboxylic acids is 3. The van der Waals surface area contributed by atoms with Crippen molar-refractivity contribution in [3.05, 3.63) is 18.2 Å². The topological polar surface area (TPSA) is 237 Å². The minimum atomic E-state index is -1.53. The van der Waals surface area contributed by atoms with Crippen molar-refractivity contribution in [2.24, 2.45) is 5.73 Å². The van der Waals surface area contributed by atoms with Crippen LogP contribution in [-0.4, -0.2) is 85.2 Å². The van der Waals surface area contributed by atoms with E-state index in [1.54, 1.807) is 0 Å². The van der Waals surface area contributed by atoms with E-state index in [9.17, 15) is 34.2 Å². The summed E-state index contributed by atoms with van der Waals surface area (Å²) in [7, 11) is 0. The van der Waals surface area contributed by atoms with E-state index in [-0.39, 0.29) is 6.42 Å². The molecule has 0 aliphatic heterocycles. The van der Waals surface area contributed by atoms with E-state index >= 15 is 0 Å². The minimum absolute atomic E-state index is 0.0738. The van der Waals surface area contributed by atoms with Gasteiger partial charge in [-0.1, -0.05) is 0 Å². The van der Waals surface area contributed by atoms with Crippen molar-refractivity contribution in [2.75, 3.05) is 0 Å². The average molecular weight is 442 g/mol. The number of aliphatic hydroxyl groups is 1. The molecule has 31 heavy (non-hydrogen) atoms. The molecule has 5 unspecified atom stereocenters. The van der Waals surface area contributed by atoms with Crippen molar-refractivity contribution >= 4 is 29.7 Å². The van der Waals surface area contributed by atoms with Crippen LogP contribution >= 0.6 is 0 Å². The predicted octanol–water partition coefficient (Wildman–Crippen LogP) is -3.31. The van der Waals surface area contributed by atoms with Gasteiger partial charge in [0.1, 0.15) is 18.1 Å². The zero-order valence-electron chi connectivity index (χ0n) is 16.9. The van der Waals surface area contributed by atoms with Gasteiger partial charge in [0.25, 0.3) is 0 Å². The van der Waals surface area contributed by atoms with Crippen molar-refractivity contribution in [1.29, 1.82) is 0 Å². The van der Waals surface area contributed by atoms with Gasteiger partial charge in [-0.2, -0.15) is 0 Å². The molecule has 14 heteroatoms. The standard InChI is InChI=1S/C17H26N6O8/c1-7(14(27)22-11(17(30)31)3-9-5-19-6-20-9)21-16(29)13(8(2)24)23-15(28)10(18)4-12(25)26/h5-8,10-11,13,24H,3-4,18H2,1-2H3,(H,19,20)(H,21,29)(H,22,27)(H,23,28)(H,25,26)(H,30,31). The number of rotatable bonds is 12. The maximum absolute atomic E-state index is 12.4. The number of nitrogens with two attached hydrogens (primary N) is 1. The summed E-state index contributed by atoms with van der Waals surface area (Å²) in [4.78, 5) is 65.2. The van der Waals surface area contributed by atoms with Crippen LogP contribution in [0.2, 0.25) is 0 Å². The molecule has 0 saturated carbocycles. The number of aliphatic carboxylic acids is 2. The summed E-state index contributed by atoms with van der Waals surface area (Å²) in [6.45, 7) is 2.47. The van der Waals surface area contributed by atoms with Gasteiger partial charge in [-0.3, -0.25) is 19.2 Å². The van der Waals surface area contributed by atoms with Crippen molar-refractivity contribution in [1.82, 2.24) is 25.9 Å². The van der Waals surface area contributed by atoms with E-state index < -0.39 is 66.4 Å². The Balaban J connectivity index is 2.72. The van der Waals surface area contributed by atoms with Gasteiger partial charge >= 0.3 is 11.9 Å². The number of amides is 3. The van der Waals surface area contributed by atoms with Crippen LogP contribution in [-0.2, 0) is 30.4 Å². The summed E-state index contributed by atoms with van der Waals surface area (Å²) < 4.78 is 0. The van der Waals surface area contributed by atoms with Crippen LogP contribution in [0.1, 0.15) is 26.0 Å². The molecule has 0 radical (unpaired) electrons. The molecule has 5 atom stereocenters. The maximum Gasteiger partial charge on any atom is 0.326 e. The number of H-pyrrole nitrogens is 1. The average Bonchev–Trinajstić information content (AvgIpc) is 3.17. The van der Waals surface area contributed by atoms with E-state index in [4.69, 9.17) is 10.8 Å². The Labute approximate surface area is 176 Å². The zero-order chi connectivity index (χ0) is 23.7. The van der Waals surface area contributed by atoms with Crippen LogP contribution in [0.3, 0.4) is 0 Å². The highest BCUT2D eigenvalue weighted by Crippen LogP contribution is 2.01. The lowest BCUT2D eigenvalue weighted by Crippen LogP contribution is -2.59. The second-order valence-corrected chi connectivity index (χ2v) is 6.84. The minimum Gasteiger partial charge on any atom is -0.481 e. The van der Waals surface area contributed by atoms with E-state index in [1.807, 2.05) is 0 Å².